The number of rotatable bonds is 4. The molecule has 0 aliphatic heterocycles. The van der Waals surface area contributed by atoms with Gasteiger partial charge in [0.1, 0.15) is 0 Å². The van der Waals surface area contributed by atoms with Crippen LogP contribution in [0.15, 0.2) is 30.5 Å². The molecule has 2 rings (SSSR count). The van der Waals surface area contributed by atoms with E-state index in [2.05, 4.69) is 10.4 Å². The molecule has 0 aliphatic carbocycles. The second-order valence-electron chi connectivity index (χ2n) is 4.95. The van der Waals surface area contributed by atoms with E-state index in [4.69, 9.17) is 0 Å². The molecule has 0 radical (unpaired) electrons. The molecule has 2 aromatic rings. The lowest BCUT2D eigenvalue weighted by Crippen LogP contribution is -2.22. The molecule has 0 fully saturated rings. The Morgan fingerprint density at radius 3 is 2.29 bits per heavy atom. The number of hydrogen-bond donors (Lipinski definition) is 1. The molecule has 6 heteroatoms. The predicted molar refractivity (Wildman–Crippen MR) is 74.9 cm³/mol. The molecule has 114 valence electrons. The maximum atomic E-state index is 12.6. The Morgan fingerprint density at radius 1 is 1.24 bits per heavy atom. The highest BCUT2D eigenvalue weighted by atomic mass is 19.4. The first kappa shape index (κ1) is 15.6. The third-order valence-electron chi connectivity index (χ3n) is 3.34. The Bertz CT molecular complexity index is 600. The molecule has 3 nitrogen and oxygen atoms in total. The number of aromatic nitrogens is 2. The van der Waals surface area contributed by atoms with Crippen LogP contribution in [0.5, 0.6) is 0 Å². The maximum absolute atomic E-state index is 12.6. The number of halogens is 3. The van der Waals surface area contributed by atoms with E-state index in [1.807, 2.05) is 27.1 Å². The molecular weight excluding hydrogens is 279 g/mol. The first-order valence-electron chi connectivity index (χ1n) is 6.73. The third kappa shape index (κ3) is 3.44. The monoisotopic (exact) mass is 297 g/mol. The van der Waals surface area contributed by atoms with Gasteiger partial charge in [0.2, 0.25) is 0 Å². The minimum Gasteiger partial charge on any atom is -0.306 e. The highest BCUT2D eigenvalue weighted by Crippen LogP contribution is 2.31. The second kappa shape index (κ2) is 5.89. The van der Waals surface area contributed by atoms with Crippen molar-refractivity contribution < 1.29 is 13.2 Å². The van der Waals surface area contributed by atoms with Crippen molar-refractivity contribution in [3.05, 3.63) is 52.8 Å². The van der Waals surface area contributed by atoms with E-state index in [1.165, 1.54) is 12.1 Å². The molecule has 1 N–H and O–H groups in total. The Morgan fingerprint density at radius 2 is 1.86 bits per heavy atom. The van der Waals surface area contributed by atoms with Gasteiger partial charge in [-0.2, -0.15) is 18.3 Å². The summed E-state index contributed by atoms with van der Waals surface area (Å²) in [5.41, 5.74) is 1.99. The average Bonchev–Trinajstić information content (AvgIpc) is 2.74. The molecule has 1 heterocycles. The summed E-state index contributed by atoms with van der Waals surface area (Å²) in [5, 5.41) is 7.59. The van der Waals surface area contributed by atoms with Crippen molar-refractivity contribution in [3.63, 3.8) is 0 Å². The van der Waals surface area contributed by atoms with Crippen LogP contribution in [-0.4, -0.2) is 16.3 Å². The Balaban J connectivity index is 2.37. The van der Waals surface area contributed by atoms with Crippen molar-refractivity contribution >= 4 is 0 Å². The van der Waals surface area contributed by atoms with Crippen LogP contribution in [0.2, 0.25) is 0 Å². The number of hydrogen-bond acceptors (Lipinski definition) is 2. The van der Waals surface area contributed by atoms with Crippen LogP contribution in [-0.2, 0) is 13.2 Å². The molecule has 1 aromatic carbocycles. The van der Waals surface area contributed by atoms with Gasteiger partial charge in [-0.3, -0.25) is 4.68 Å². The van der Waals surface area contributed by atoms with E-state index in [-0.39, 0.29) is 6.04 Å². The summed E-state index contributed by atoms with van der Waals surface area (Å²) >= 11 is 0. The van der Waals surface area contributed by atoms with Crippen molar-refractivity contribution in [1.29, 1.82) is 0 Å². The van der Waals surface area contributed by atoms with Gasteiger partial charge in [0, 0.05) is 18.8 Å². The van der Waals surface area contributed by atoms with Crippen LogP contribution in [0, 0.1) is 6.92 Å². The number of aryl methyl sites for hydroxylation is 2. The molecule has 0 bridgehead atoms. The first-order valence-corrected chi connectivity index (χ1v) is 6.73. The van der Waals surface area contributed by atoms with Gasteiger partial charge in [0.15, 0.2) is 0 Å². The van der Waals surface area contributed by atoms with E-state index in [1.54, 1.807) is 4.68 Å². The lowest BCUT2D eigenvalue weighted by atomic mass is 9.98. The highest BCUT2D eigenvalue weighted by molar-refractivity contribution is 5.35. The average molecular weight is 297 g/mol. The minimum absolute atomic E-state index is 0.161. The summed E-state index contributed by atoms with van der Waals surface area (Å²) in [6.07, 6.45) is -2.42. The summed E-state index contributed by atoms with van der Waals surface area (Å²) < 4.78 is 39.6. The van der Waals surface area contributed by atoms with E-state index < -0.39 is 11.7 Å². The van der Waals surface area contributed by atoms with Crippen LogP contribution < -0.4 is 5.32 Å². The fourth-order valence-electron chi connectivity index (χ4n) is 2.38. The van der Waals surface area contributed by atoms with Gasteiger partial charge in [-0.25, -0.2) is 0 Å². The summed E-state index contributed by atoms with van der Waals surface area (Å²) in [6.45, 7) is 4.56. The standard InChI is InChI=1S/C15H18F3N3/c1-4-19-14(13-9-21(3)20-10(13)2)11-5-7-12(8-6-11)15(16,17)18/h5-9,14,19H,4H2,1-3H3. The lowest BCUT2D eigenvalue weighted by molar-refractivity contribution is -0.137. The van der Waals surface area contributed by atoms with Gasteiger partial charge in [0.05, 0.1) is 17.3 Å². The van der Waals surface area contributed by atoms with E-state index >= 15 is 0 Å². The van der Waals surface area contributed by atoms with Gasteiger partial charge >= 0.3 is 6.18 Å². The lowest BCUT2D eigenvalue weighted by Gasteiger charge is -2.18. The van der Waals surface area contributed by atoms with Crippen molar-refractivity contribution in [3.8, 4) is 0 Å². The van der Waals surface area contributed by atoms with E-state index in [0.717, 1.165) is 29.0 Å². The van der Waals surface area contributed by atoms with E-state index in [0.29, 0.717) is 6.54 Å². The summed E-state index contributed by atoms with van der Waals surface area (Å²) in [4.78, 5) is 0. The smallest absolute Gasteiger partial charge is 0.306 e. The topological polar surface area (TPSA) is 29.9 Å². The second-order valence-corrected chi connectivity index (χ2v) is 4.95. The Kier molecular flexibility index (Phi) is 4.37. The molecular formula is C15H18F3N3. The normalized spacial score (nSPS) is 13.4. The van der Waals surface area contributed by atoms with Crippen LogP contribution >= 0.6 is 0 Å². The molecule has 0 saturated heterocycles. The summed E-state index contributed by atoms with van der Waals surface area (Å²) in [5.74, 6) is 0. The fourth-order valence-corrected chi connectivity index (χ4v) is 2.38. The Hall–Kier alpha value is -1.82. The molecule has 0 spiro atoms. The molecule has 1 aromatic heterocycles. The Labute approximate surface area is 121 Å². The van der Waals surface area contributed by atoms with Gasteiger partial charge in [0.25, 0.3) is 0 Å². The minimum atomic E-state index is -4.31. The highest BCUT2D eigenvalue weighted by Gasteiger charge is 2.30. The summed E-state index contributed by atoms with van der Waals surface area (Å²) in [6, 6.07) is 5.10. The van der Waals surface area contributed by atoms with Crippen LogP contribution in [0.3, 0.4) is 0 Å². The quantitative estimate of drug-likeness (QED) is 0.937. The largest absolute Gasteiger partial charge is 0.416 e. The van der Waals surface area contributed by atoms with Crippen molar-refractivity contribution in [2.45, 2.75) is 26.1 Å². The molecule has 1 atom stereocenters. The fraction of sp³-hybridized carbons (Fsp3) is 0.400. The maximum Gasteiger partial charge on any atom is 0.416 e. The zero-order valence-electron chi connectivity index (χ0n) is 12.2. The van der Waals surface area contributed by atoms with Crippen molar-refractivity contribution in [1.82, 2.24) is 15.1 Å². The van der Waals surface area contributed by atoms with Crippen LogP contribution in [0.1, 0.15) is 35.3 Å². The van der Waals surface area contributed by atoms with Crippen LogP contribution in [0.4, 0.5) is 13.2 Å². The van der Waals surface area contributed by atoms with Crippen molar-refractivity contribution in [2.24, 2.45) is 7.05 Å². The number of nitrogens with one attached hydrogen (secondary N) is 1. The van der Waals surface area contributed by atoms with Crippen LogP contribution in [0.25, 0.3) is 0 Å². The van der Waals surface area contributed by atoms with Gasteiger partial charge in [-0.05, 0) is 31.2 Å². The van der Waals surface area contributed by atoms with Gasteiger partial charge < -0.3 is 5.32 Å². The molecule has 0 amide bonds. The van der Waals surface area contributed by atoms with Gasteiger partial charge in [-0.1, -0.05) is 19.1 Å². The van der Waals surface area contributed by atoms with Gasteiger partial charge in [-0.15, -0.1) is 0 Å². The zero-order valence-corrected chi connectivity index (χ0v) is 12.2. The van der Waals surface area contributed by atoms with E-state index in [9.17, 15) is 13.2 Å². The third-order valence-corrected chi connectivity index (χ3v) is 3.34. The summed E-state index contributed by atoms with van der Waals surface area (Å²) in [7, 11) is 1.83. The first-order chi connectivity index (χ1) is 9.82. The predicted octanol–water partition coefficient (Wildman–Crippen LogP) is 3.45. The zero-order chi connectivity index (χ0) is 15.6. The molecule has 1 unspecified atom stereocenters. The number of nitrogens with zero attached hydrogens (tertiary/aromatic N) is 2. The number of benzene rings is 1. The number of alkyl halides is 3. The van der Waals surface area contributed by atoms with Crippen molar-refractivity contribution in [2.75, 3.05) is 6.54 Å². The SMILES string of the molecule is CCNC(c1ccc(C(F)(F)F)cc1)c1cn(C)nc1C. The molecule has 0 aliphatic rings. The molecule has 21 heavy (non-hydrogen) atoms. The molecule has 0 saturated carbocycles.